The average Bonchev–Trinajstić information content (AvgIpc) is 2.63. The highest BCUT2D eigenvalue weighted by molar-refractivity contribution is 6.06. The van der Waals surface area contributed by atoms with Crippen LogP contribution in [0.2, 0.25) is 0 Å². The number of hydrogen-bond donors (Lipinski definition) is 3. The lowest BCUT2D eigenvalue weighted by Gasteiger charge is -2.28. The molecule has 0 spiro atoms. The minimum atomic E-state index is -0.665. The number of benzene rings is 2. The molecule has 6 nitrogen and oxygen atoms in total. The largest absolute Gasteiger partial charge is 0.497 e. The van der Waals surface area contributed by atoms with Gasteiger partial charge in [-0.1, -0.05) is 24.3 Å². The molecule has 1 unspecified atom stereocenters. The zero-order chi connectivity index (χ0) is 18.7. The van der Waals surface area contributed by atoms with Gasteiger partial charge in [-0.25, -0.2) is 9.18 Å². The number of hydrogen-bond acceptors (Lipinski definition) is 3. The third-order valence-electron chi connectivity index (χ3n) is 4.08. The van der Waals surface area contributed by atoms with E-state index in [1.54, 1.807) is 44.4 Å². The summed E-state index contributed by atoms with van der Waals surface area (Å²) in [5.74, 6) is -0.374. The number of nitrogens with one attached hydrogen (secondary N) is 3. The summed E-state index contributed by atoms with van der Waals surface area (Å²) in [6, 6.07) is 11.8. The van der Waals surface area contributed by atoms with Crippen molar-refractivity contribution in [3.05, 3.63) is 71.2 Å². The molecule has 0 aromatic heterocycles. The Morgan fingerprint density at radius 1 is 1.15 bits per heavy atom. The fourth-order valence-corrected chi connectivity index (χ4v) is 2.79. The molecule has 0 aliphatic carbocycles. The summed E-state index contributed by atoms with van der Waals surface area (Å²) in [6.07, 6.45) is 0. The van der Waals surface area contributed by atoms with Crippen LogP contribution < -0.4 is 20.7 Å². The molecule has 1 atom stereocenters. The zero-order valence-corrected chi connectivity index (χ0v) is 14.3. The number of carbonyl (C=O) groups is 2. The lowest BCUT2D eigenvalue weighted by Crippen LogP contribution is -2.46. The van der Waals surface area contributed by atoms with Gasteiger partial charge in [0.1, 0.15) is 11.6 Å². The Bertz CT molecular complexity index is 878. The minimum Gasteiger partial charge on any atom is -0.497 e. The molecule has 134 valence electrons. The Morgan fingerprint density at radius 3 is 2.50 bits per heavy atom. The van der Waals surface area contributed by atoms with Crippen LogP contribution in [0.15, 0.2) is 59.8 Å². The van der Waals surface area contributed by atoms with E-state index in [9.17, 15) is 14.0 Å². The van der Waals surface area contributed by atoms with Crippen LogP contribution in [-0.2, 0) is 4.79 Å². The van der Waals surface area contributed by atoms with Crippen molar-refractivity contribution in [1.29, 1.82) is 0 Å². The minimum absolute atomic E-state index is 0.0724. The van der Waals surface area contributed by atoms with Crippen molar-refractivity contribution in [2.45, 2.75) is 13.0 Å². The first kappa shape index (κ1) is 17.5. The molecule has 0 saturated heterocycles. The summed E-state index contributed by atoms with van der Waals surface area (Å²) >= 11 is 0. The predicted octanol–water partition coefficient (Wildman–Crippen LogP) is 3.10. The molecule has 3 rings (SSSR count). The summed E-state index contributed by atoms with van der Waals surface area (Å²) in [7, 11) is 1.55. The van der Waals surface area contributed by atoms with Gasteiger partial charge >= 0.3 is 6.03 Å². The Balaban J connectivity index is 1.94. The Hall–Kier alpha value is -3.35. The molecule has 1 heterocycles. The van der Waals surface area contributed by atoms with Gasteiger partial charge in [0.15, 0.2) is 0 Å². The van der Waals surface area contributed by atoms with Crippen LogP contribution in [0.4, 0.5) is 14.9 Å². The van der Waals surface area contributed by atoms with E-state index in [0.29, 0.717) is 22.6 Å². The van der Waals surface area contributed by atoms with Gasteiger partial charge < -0.3 is 20.7 Å². The number of carbonyl (C=O) groups excluding carboxylic acids is 2. The Kier molecular flexibility index (Phi) is 4.88. The number of methoxy groups -OCH3 is 1. The molecule has 7 heteroatoms. The van der Waals surface area contributed by atoms with Gasteiger partial charge in [0.05, 0.1) is 24.4 Å². The molecular formula is C19H18FN3O3. The second kappa shape index (κ2) is 7.26. The van der Waals surface area contributed by atoms with E-state index >= 15 is 0 Å². The maximum absolute atomic E-state index is 13.8. The molecule has 0 saturated carbocycles. The van der Waals surface area contributed by atoms with Gasteiger partial charge in [0.2, 0.25) is 0 Å². The van der Waals surface area contributed by atoms with Crippen molar-refractivity contribution < 1.29 is 18.7 Å². The molecule has 1 aliphatic heterocycles. The number of anilines is 1. The normalized spacial score (nSPS) is 16.6. The fraction of sp³-hybridized carbons (Fsp3) is 0.158. The van der Waals surface area contributed by atoms with Gasteiger partial charge in [-0.15, -0.1) is 0 Å². The molecular weight excluding hydrogens is 337 g/mol. The fourth-order valence-electron chi connectivity index (χ4n) is 2.79. The number of amides is 3. The zero-order valence-electron chi connectivity index (χ0n) is 14.3. The molecule has 2 aromatic rings. The average molecular weight is 355 g/mol. The van der Waals surface area contributed by atoms with E-state index in [-0.39, 0.29) is 5.69 Å². The van der Waals surface area contributed by atoms with Gasteiger partial charge in [-0.2, -0.15) is 0 Å². The second-order valence-electron chi connectivity index (χ2n) is 5.78. The highest BCUT2D eigenvalue weighted by atomic mass is 19.1. The topological polar surface area (TPSA) is 79.5 Å². The van der Waals surface area contributed by atoms with E-state index in [2.05, 4.69) is 16.0 Å². The molecule has 3 N–H and O–H groups in total. The first-order valence-electron chi connectivity index (χ1n) is 7.97. The maximum Gasteiger partial charge on any atom is 0.319 e. The van der Waals surface area contributed by atoms with Gasteiger partial charge in [0.25, 0.3) is 5.91 Å². The molecule has 3 amide bonds. The Morgan fingerprint density at radius 2 is 1.85 bits per heavy atom. The van der Waals surface area contributed by atoms with Crippen LogP contribution in [-0.4, -0.2) is 19.0 Å². The molecule has 0 radical (unpaired) electrons. The number of ether oxygens (including phenoxy) is 1. The first-order valence-corrected chi connectivity index (χ1v) is 7.97. The van der Waals surface area contributed by atoms with Crippen LogP contribution in [0, 0.1) is 5.82 Å². The van der Waals surface area contributed by atoms with E-state index in [4.69, 9.17) is 4.74 Å². The van der Waals surface area contributed by atoms with Crippen molar-refractivity contribution >= 4 is 17.6 Å². The summed E-state index contributed by atoms with van der Waals surface area (Å²) in [6.45, 7) is 1.63. The van der Waals surface area contributed by atoms with Gasteiger partial charge in [-0.3, -0.25) is 4.79 Å². The number of allylic oxidation sites excluding steroid dienone is 1. The molecule has 2 aromatic carbocycles. The molecule has 0 bridgehead atoms. The van der Waals surface area contributed by atoms with E-state index < -0.39 is 23.8 Å². The van der Waals surface area contributed by atoms with Crippen molar-refractivity contribution in [2.24, 2.45) is 0 Å². The van der Waals surface area contributed by atoms with Crippen molar-refractivity contribution in [3.8, 4) is 5.75 Å². The van der Waals surface area contributed by atoms with Crippen LogP contribution in [0.25, 0.3) is 0 Å². The second-order valence-corrected chi connectivity index (χ2v) is 5.78. The van der Waals surface area contributed by atoms with Crippen LogP contribution in [0.5, 0.6) is 5.75 Å². The van der Waals surface area contributed by atoms with E-state index in [1.165, 1.54) is 18.2 Å². The number of urea groups is 1. The summed E-state index contributed by atoms with van der Waals surface area (Å²) in [5, 5.41) is 7.87. The molecule has 0 fully saturated rings. The predicted molar refractivity (Wildman–Crippen MR) is 95.1 cm³/mol. The van der Waals surface area contributed by atoms with Crippen LogP contribution in [0.3, 0.4) is 0 Å². The van der Waals surface area contributed by atoms with E-state index in [1.807, 2.05) is 0 Å². The van der Waals surface area contributed by atoms with Crippen molar-refractivity contribution in [2.75, 3.05) is 12.4 Å². The maximum atomic E-state index is 13.8. The quantitative estimate of drug-likeness (QED) is 0.788. The van der Waals surface area contributed by atoms with Gasteiger partial charge in [0, 0.05) is 5.70 Å². The lowest BCUT2D eigenvalue weighted by atomic mass is 9.94. The number of para-hydroxylation sites is 1. The lowest BCUT2D eigenvalue weighted by molar-refractivity contribution is -0.113. The van der Waals surface area contributed by atoms with E-state index in [0.717, 1.165) is 0 Å². The number of halogens is 1. The summed E-state index contributed by atoms with van der Waals surface area (Å²) < 4.78 is 19.0. The smallest absolute Gasteiger partial charge is 0.319 e. The highest BCUT2D eigenvalue weighted by Crippen LogP contribution is 2.29. The summed E-state index contributed by atoms with van der Waals surface area (Å²) in [5.41, 5.74) is 1.49. The van der Waals surface area contributed by atoms with Crippen molar-refractivity contribution in [1.82, 2.24) is 10.6 Å². The van der Waals surface area contributed by atoms with Gasteiger partial charge in [-0.05, 0) is 36.8 Å². The van der Waals surface area contributed by atoms with Crippen LogP contribution >= 0.6 is 0 Å². The third kappa shape index (κ3) is 3.51. The van der Waals surface area contributed by atoms with Crippen LogP contribution in [0.1, 0.15) is 18.5 Å². The number of rotatable bonds is 4. The SMILES string of the molecule is COc1ccc(C2NC(=O)NC(C)=C2C(=O)Nc2ccccc2F)cc1. The third-order valence-corrected chi connectivity index (χ3v) is 4.08. The first-order chi connectivity index (χ1) is 12.5. The highest BCUT2D eigenvalue weighted by Gasteiger charge is 2.31. The standard InChI is InChI=1S/C19H18FN3O3/c1-11-16(18(24)22-15-6-4-3-5-14(15)20)17(23-19(25)21-11)12-7-9-13(26-2)10-8-12/h3-10,17H,1-2H3,(H,22,24)(H2,21,23,25). The monoisotopic (exact) mass is 355 g/mol. The van der Waals surface area contributed by atoms with Crippen molar-refractivity contribution in [3.63, 3.8) is 0 Å². The molecule has 26 heavy (non-hydrogen) atoms. The Labute approximate surface area is 150 Å². The molecule has 1 aliphatic rings. The summed E-state index contributed by atoms with van der Waals surface area (Å²) in [4.78, 5) is 24.7.